The molecule has 150 valence electrons. The Morgan fingerprint density at radius 3 is 2.52 bits per heavy atom. The minimum atomic E-state index is -0.403. The van der Waals surface area contributed by atoms with Crippen molar-refractivity contribution < 1.29 is 23.5 Å². The van der Waals surface area contributed by atoms with Crippen LogP contribution in [0.1, 0.15) is 50.8 Å². The highest BCUT2D eigenvalue weighted by Crippen LogP contribution is 2.27. The molecule has 0 aromatic heterocycles. The van der Waals surface area contributed by atoms with Crippen LogP contribution < -0.4 is 4.90 Å². The van der Waals surface area contributed by atoms with Gasteiger partial charge in [0.15, 0.2) is 0 Å². The van der Waals surface area contributed by atoms with Crippen LogP contribution in [0.5, 0.6) is 0 Å². The molecular weight excluding hydrogens is 375 g/mol. The quantitative estimate of drug-likeness (QED) is 0.728. The second-order valence-electron chi connectivity index (χ2n) is 7.14. The van der Waals surface area contributed by atoms with Gasteiger partial charge in [0.25, 0.3) is 17.7 Å². The van der Waals surface area contributed by atoms with E-state index in [1.54, 1.807) is 6.07 Å². The average Bonchev–Trinajstić information content (AvgIpc) is 3.33. The number of benzene rings is 2. The van der Waals surface area contributed by atoms with Crippen molar-refractivity contribution in [3.8, 4) is 0 Å². The van der Waals surface area contributed by atoms with Gasteiger partial charge < -0.3 is 9.64 Å². The largest absolute Gasteiger partial charge is 0.376 e. The third-order valence-electron chi connectivity index (χ3n) is 5.33. The van der Waals surface area contributed by atoms with Crippen LogP contribution in [-0.4, -0.2) is 48.4 Å². The lowest BCUT2D eigenvalue weighted by molar-refractivity contribution is 0.0475. The first-order valence-corrected chi connectivity index (χ1v) is 9.69. The van der Waals surface area contributed by atoms with Gasteiger partial charge in [0.1, 0.15) is 5.82 Å². The Kier molecular flexibility index (Phi) is 5.15. The highest BCUT2D eigenvalue weighted by Gasteiger charge is 2.38. The van der Waals surface area contributed by atoms with Crippen molar-refractivity contribution in [2.45, 2.75) is 25.9 Å². The summed E-state index contributed by atoms with van der Waals surface area (Å²) in [6, 6.07) is 10.2. The van der Waals surface area contributed by atoms with Crippen molar-refractivity contribution in [3.05, 3.63) is 65.0 Å². The third kappa shape index (κ3) is 3.53. The Hall–Kier alpha value is -3.06. The highest BCUT2D eigenvalue weighted by molar-refractivity contribution is 6.22. The SMILES string of the molecule is CCN(C(=O)c1ccc2c(c1)C(=O)N(CC1CCCO1)C2=O)c1ccc(F)cc1. The molecular formula is C22H21FN2O4. The maximum Gasteiger partial charge on any atom is 0.261 e. The fraction of sp³-hybridized carbons (Fsp3) is 0.318. The Morgan fingerprint density at radius 2 is 1.86 bits per heavy atom. The van der Waals surface area contributed by atoms with E-state index in [1.807, 2.05) is 6.92 Å². The molecule has 2 heterocycles. The first-order valence-electron chi connectivity index (χ1n) is 9.69. The lowest BCUT2D eigenvalue weighted by atomic mass is 10.0. The topological polar surface area (TPSA) is 66.9 Å². The van der Waals surface area contributed by atoms with Gasteiger partial charge in [-0.2, -0.15) is 0 Å². The number of rotatable bonds is 5. The standard InChI is InChI=1S/C22H21FN2O4/c1-2-24(16-8-6-15(23)7-9-16)20(26)14-5-10-18-19(12-14)22(28)25(21(18)27)13-17-4-3-11-29-17/h5-10,12,17H,2-4,11,13H2,1H3. The van der Waals surface area contributed by atoms with Gasteiger partial charge in [0.05, 0.1) is 23.8 Å². The van der Waals surface area contributed by atoms with Crippen LogP contribution in [0.25, 0.3) is 0 Å². The molecule has 29 heavy (non-hydrogen) atoms. The average molecular weight is 396 g/mol. The fourth-order valence-electron chi connectivity index (χ4n) is 3.80. The molecule has 4 rings (SSSR count). The maximum atomic E-state index is 13.2. The third-order valence-corrected chi connectivity index (χ3v) is 5.33. The van der Waals surface area contributed by atoms with Crippen LogP contribution in [0, 0.1) is 5.82 Å². The van der Waals surface area contributed by atoms with Crippen molar-refractivity contribution in [2.24, 2.45) is 0 Å². The summed E-state index contributed by atoms with van der Waals surface area (Å²) in [5.41, 5.74) is 1.39. The molecule has 0 saturated carbocycles. The minimum Gasteiger partial charge on any atom is -0.376 e. The summed E-state index contributed by atoms with van der Waals surface area (Å²) >= 11 is 0. The van der Waals surface area contributed by atoms with Crippen molar-refractivity contribution in [1.29, 1.82) is 0 Å². The van der Waals surface area contributed by atoms with Crippen LogP contribution in [0.15, 0.2) is 42.5 Å². The Bertz CT molecular complexity index is 967. The van der Waals surface area contributed by atoms with Crippen LogP contribution >= 0.6 is 0 Å². The number of carbonyl (C=O) groups is 3. The predicted molar refractivity (Wildman–Crippen MR) is 105 cm³/mol. The minimum absolute atomic E-state index is 0.132. The Morgan fingerprint density at radius 1 is 1.14 bits per heavy atom. The zero-order chi connectivity index (χ0) is 20.5. The summed E-state index contributed by atoms with van der Waals surface area (Å²) in [6.07, 6.45) is 1.61. The number of anilines is 1. The van der Waals surface area contributed by atoms with Gasteiger partial charge in [-0.1, -0.05) is 0 Å². The molecule has 0 aliphatic carbocycles. The van der Waals surface area contributed by atoms with E-state index in [1.165, 1.54) is 46.2 Å². The normalized spacial score (nSPS) is 18.3. The molecule has 0 N–H and O–H groups in total. The highest BCUT2D eigenvalue weighted by atomic mass is 19.1. The number of halogens is 1. The summed E-state index contributed by atoms with van der Waals surface area (Å²) in [5.74, 6) is -1.46. The monoisotopic (exact) mass is 396 g/mol. The molecule has 0 bridgehead atoms. The van der Waals surface area contributed by atoms with E-state index < -0.39 is 5.91 Å². The second-order valence-corrected chi connectivity index (χ2v) is 7.14. The molecule has 6 nitrogen and oxygen atoms in total. The maximum absolute atomic E-state index is 13.2. The number of imide groups is 1. The van der Waals surface area contributed by atoms with Gasteiger partial charge in [0.2, 0.25) is 0 Å². The predicted octanol–water partition coefficient (Wildman–Crippen LogP) is 3.27. The molecule has 1 atom stereocenters. The van der Waals surface area contributed by atoms with Gasteiger partial charge >= 0.3 is 0 Å². The van der Waals surface area contributed by atoms with Gasteiger partial charge in [-0.25, -0.2) is 4.39 Å². The van der Waals surface area contributed by atoms with Crippen LogP contribution in [0.3, 0.4) is 0 Å². The number of hydrogen-bond acceptors (Lipinski definition) is 4. The van der Waals surface area contributed by atoms with Gasteiger partial charge in [-0.05, 0) is 62.2 Å². The van der Waals surface area contributed by atoms with Crippen molar-refractivity contribution in [2.75, 3.05) is 24.6 Å². The summed E-state index contributed by atoms with van der Waals surface area (Å²) in [6.45, 7) is 3.06. The molecule has 2 aromatic carbocycles. The van der Waals surface area contributed by atoms with E-state index in [-0.39, 0.29) is 35.8 Å². The molecule has 1 saturated heterocycles. The Labute approximate surface area is 167 Å². The summed E-state index contributed by atoms with van der Waals surface area (Å²) in [5, 5.41) is 0. The summed E-state index contributed by atoms with van der Waals surface area (Å²) in [7, 11) is 0. The van der Waals surface area contributed by atoms with Gasteiger partial charge in [0, 0.05) is 24.4 Å². The summed E-state index contributed by atoms with van der Waals surface area (Å²) < 4.78 is 18.7. The first kappa shape index (κ1) is 19.3. The lowest BCUT2D eigenvalue weighted by Gasteiger charge is -2.21. The molecule has 2 aliphatic heterocycles. The number of hydrogen-bond donors (Lipinski definition) is 0. The molecule has 2 aliphatic rings. The van der Waals surface area contributed by atoms with Crippen molar-refractivity contribution >= 4 is 23.4 Å². The molecule has 0 radical (unpaired) electrons. The van der Waals surface area contributed by atoms with Crippen molar-refractivity contribution in [1.82, 2.24) is 4.90 Å². The van der Waals surface area contributed by atoms with E-state index in [0.29, 0.717) is 30.0 Å². The van der Waals surface area contributed by atoms with Crippen molar-refractivity contribution in [3.63, 3.8) is 0 Å². The second kappa shape index (κ2) is 7.75. The van der Waals surface area contributed by atoms with E-state index in [4.69, 9.17) is 4.74 Å². The molecule has 0 spiro atoms. The van der Waals surface area contributed by atoms with Crippen LogP contribution in [-0.2, 0) is 4.74 Å². The number of carbonyl (C=O) groups excluding carboxylic acids is 3. The number of ether oxygens (including phenoxy) is 1. The first-order chi connectivity index (χ1) is 14.0. The smallest absolute Gasteiger partial charge is 0.261 e. The zero-order valence-corrected chi connectivity index (χ0v) is 16.1. The fourth-order valence-corrected chi connectivity index (χ4v) is 3.80. The van der Waals surface area contributed by atoms with Crippen LogP contribution in [0.4, 0.5) is 10.1 Å². The number of amides is 3. The molecule has 1 fully saturated rings. The summed E-state index contributed by atoms with van der Waals surface area (Å²) in [4.78, 5) is 41.1. The molecule has 2 aromatic rings. The Balaban J connectivity index is 1.59. The van der Waals surface area contributed by atoms with Gasteiger partial charge in [-0.15, -0.1) is 0 Å². The van der Waals surface area contributed by atoms with E-state index >= 15 is 0 Å². The van der Waals surface area contributed by atoms with E-state index in [2.05, 4.69) is 0 Å². The zero-order valence-electron chi connectivity index (χ0n) is 16.1. The molecule has 1 unspecified atom stereocenters. The molecule has 7 heteroatoms. The molecule has 3 amide bonds. The van der Waals surface area contributed by atoms with Crippen LogP contribution in [0.2, 0.25) is 0 Å². The van der Waals surface area contributed by atoms with E-state index in [0.717, 1.165) is 12.8 Å². The van der Waals surface area contributed by atoms with E-state index in [9.17, 15) is 18.8 Å². The number of fused-ring (bicyclic) bond motifs is 1. The van der Waals surface area contributed by atoms with Gasteiger partial charge in [-0.3, -0.25) is 19.3 Å². The number of nitrogens with zero attached hydrogens (tertiary/aromatic N) is 2. The lowest BCUT2D eigenvalue weighted by Crippen LogP contribution is -2.36.